The Bertz CT molecular complexity index is 1130. The summed E-state index contributed by atoms with van der Waals surface area (Å²) in [6.07, 6.45) is 3.30. The zero-order chi connectivity index (χ0) is 20.4. The van der Waals surface area contributed by atoms with Crippen LogP contribution in [0, 0.1) is 0 Å². The Morgan fingerprint density at radius 1 is 0.966 bits per heavy atom. The highest BCUT2D eigenvalue weighted by atomic mass is 32.2. The summed E-state index contributed by atoms with van der Waals surface area (Å²) in [4.78, 5) is 8.65. The number of aryl methyl sites for hydroxylation is 1. The minimum Gasteiger partial charge on any atom is -0.457 e. The molecule has 0 spiro atoms. The van der Waals surface area contributed by atoms with Crippen molar-refractivity contribution in [3.63, 3.8) is 0 Å². The second-order valence-electron chi connectivity index (χ2n) is 6.13. The third-order valence-electron chi connectivity index (χ3n) is 4.08. The number of fused-ring (bicyclic) bond motifs is 1. The van der Waals surface area contributed by atoms with Crippen LogP contribution >= 0.6 is 11.8 Å². The molecule has 29 heavy (non-hydrogen) atoms. The lowest BCUT2D eigenvalue weighted by molar-refractivity contribution is -0.0328. The summed E-state index contributed by atoms with van der Waals surface area (Å²) < 4.78 is 45.0. The van der Waals surface area contributed by atoms with E-state index in [9.17, 15) is 13.2 Å². The second-order valence-corrected chi connectivity index (χ2v) is 7.27. The van der Waals surface area contributed by atoms with Gasteiger partial charge in [-0.1, -0.05) is 0 Å². The van der Waals surface area contributed by atoms with E-state index in [2.05, 4.69) is 15.3 Å². The molecule has 2 aromatic carbocycles. The van der Waals surface area contributed by atoms with E-state index in [1.807, 2.05) is 29.8 Å². The molecule has 0 unspecified atom stereocenters. The number of imidazole rings is 1. The largest absolute Gasteiger partial charge is 0.457 e. The minimum atomic E-state index is -4.30. The predicted octanol–water partition coefficient (Wildman–Crippen LogP) is 6.12. The van der Waals surface area contributed by atoms with E-state index in [-0.39, 0.29) is 16.7 Å². The number of thioether (sulfide) groups is 1. The first-order valence-electron chi connectivity index (χ1n) is 8.54. The first-order chi connectivity index (χ1) is 13.9. The average molecular weight is 416 g/mol. The molecule has 0 radical (unpaired) electrons. The smallest absolute Gasteiger partial charge is 0.446 e. The normalized spacial score (nSPS) is 11.6. The zero-order valence-electron chi connectivity index (χ0n) is 15.1. The quantitative estimate of drug-likeness (QED) is 0.398. The fraction of sp³-hybridized carbons (Fsp3) is 0.100. The van der Waals surface area contributed by atoms with Crippen LogP contribution in [0.5, 0.6) is 11.5 Å². The third-order valence-corrected chi connectivity index (χ3v) is 4.82. The molecule has 2 aromatic heterocycles. The molecule has 2 heterocycles. The Balaban J connectivity index is 1.54. The Morgan fingerprint density at radius 2 is 1.69 bits per heavy atom. The van der Waals surface area contributed by atoms with Gasteiger partial charge in [-0.15, -0.1) is 0 Å². The highest BCUT2D eigenvalue weighted by Gasteiger charge is 2.29. The van der Waals surface area contributed by atoms with E-state index in [1.54, 1.807) is 36.7 Å². The number of hydrogen-bond acceptors (Lipinski definition) is 5. The van der Waals surface area contributed by atoms with Crippen LogP contribution in [0.1, 0.15) is 0 Å². The number of halogens is 3. The number of aromatic nitrogens is 3. The molecule has 0 saturated heterocycles. The number of anilines is 2. The van der Waals surface area contributed by atoms with Crippen LogP contribution in [-0.2, 0) is 7.05 Å². The molecule has 0 aliphatic rings. The van der Waals surface area contributed by atoms with Gasteiger partial charge in [0.2, 0.25) is 5.95 Å². The molecule has 0 aliphatic heterocycles. The average Bonchev–Trinajstić information content (AvgIpc) is 2.98. The lowest BCUT2D eigenvalue weighted by Crippen LogP contribution is -2.00. The number of hydrogen-bond donors (Lipinski definition) is 1. The van der Waals surface area contributed by atoms with Gasteiger partial charge in [0.05, 0.1) is 11.0 Å². The van der Waals surface area contributed by atoms with Gasteiger partial charge in [0.1, 0.15) is 11.5 Å². The molecule has 1 N–H and O–H groups in total. The van der Waals surface area contributed by atoms with Crippen LogP contribution in [0.2, 0.25) is 0 Å². The van der Waals surface area contributed by atoms with Gasteiger partial charge in [0.15, 0.2) is 0 Å². The molecule has 0 saturated carbocycles. The van der Waals surface area contributed by atoms with Gasteiger partial charge in [-0.25, -0.2) is 4.98 Å². The molecule has 0 fully saturated rings. The molecule has 148 valence electrons. The Kier molecular flexibility index (Phi) is 5.06. The van der Waals surface area contributed by atoms with Gasteiger partial charge >= 0.3 is 5.51 Å². The Hall–Kier alpha value is -3.20. The Morgan fingerprint density at radius 3 is 2.38 bits per heavy atom. The van der Waals surface area contributed by atoms with Crippen LogP contribution in [0.3, 0.4) is 0 Å². The van der Waals surface area contributed by atoms with Crippen molar-refractivity contribution in [2.24, 2.45) is 7.05 Å². The summed E-state index contributed by atoms with van der Waals surface area (Å²) in [5.74, 6) is 1.88. The topological polar surface area (TPSA) is 52.0 Å². The van der Waals surface area contributed by atoms with Crippen LogP contribution in [-0.4, -0.2) is 20.0 Å². The number of nitrogens with zero attached hydrogens (tertiary/aromatic N) is 3. The van der Waals surface area contributed by atoms with E-state index in [0.717, 1.165) is 11.0 Å². The molecule has 0 bridgehead atoms. The van der Waals surface area contributed by atoms with Gasteiger partial charge < -0.3 is 14.6 Å². The minimum absolute atomic E-state index is 0.131. The van der Waals surface area contributed by atoms with E-state index < -0.39 is 5.51 Å². The number of pyridine rings is 1. The van der Waals surface area contributed by atoms with E-state index >= 15 is 0 Å². The number of alkyl halides is 3. The molecule has 0 atom stereocenters. The van der Waals surface area contributed by atoms with Crippen LogP contribution in [0.15, 0.2) is 71.9 Å². The highest BCUT2D eigenvalue weighted by Crippen LogP contribution is 2.37. The van der Waals surface area contributed by atoms with Crippen molar-refractivity contribution in [3.8, 4) is 11.5 Å². The van der Waals surface area contributed by atoms with Crippen molar-refractivity contribution in [2.75, 3.05) is 5.32 Å². The maximum atomic E-state index is 12.5. The SMILES string of the molecule is Cn1c(Nc2ccc(SC(F)(F)F)cc2)nc2cc(Oc3ccncc3)ccc21. The van der Waals surface area contributed by atoms with Crippen molar-refractivity contribution < 1.29 is 17.9 Å². The number of benzene rings is 2. The van der Waals surface area contributed by atoms with Crippen LogP contribution < -0.4 is 10.1 Å². The van der Waals surface area contributed by atoms with Gasteiger partial charge in [-0.3, -0.25) is 4.98 Å². The molecular formula is C20H15F3N4OS. The highest BCUT2D eigenvalue weighted by molar-refractivity contribution is 8.00. The van der Waals surface area contributed by atoms with E-state index in [1.165, 1.54) is 12.1 Å². The number of nitrogens with one attached hydrogen (secondary N) is 1. The molecular weight excluding hydrogens is 401 g/mol. The summed E-state index contributed by atoms with van der Waals surface area (Å²) in [6.45, 7) is 0. The first-order valence-corrected chi connectivity index (χ1v) is 9.36. The number of ether oxygens (including phenoxy) is 1. The maximum Gasteiger partial charge on any atom is 0.446 e. The first kappa shape index (κ1) is 19.1. The van der Waals surface area contributed by atoms with Gasteiger partial charge in [-0.05, 0) is 60.3 Å². The fourth-order valence-electron chi connectivity index (χ4n) is 2.77. The number of rotatable bonds is 5. The summed E-state index contributed by atoms with van der Waals surface area (Å²) in [7, 11) is 1.86. The Labute approximate surface area is 168 Å². The summed E-state index contributed by atoms with van der Waals surface area (Å²) in [6, 6.07) is 15.1. The van der Waals surface area contributed by atoms with Crippen molar-refractivity contribution >= 4 is 34.4 Å². The summed E-state index contributed by atoms with van der Waals surface area (Å²) >= 11 is -0.141. The van der Waals surface area contributed by atoms with Gasteiger partial charge in [0, 0.05) is 36.1 Å². The molecule has 0 aliphatic carbocycles. The van der Waals surface area contributed by atoms with Gasteiger partial charge in [0.25, 0.3) is 0 Å². The summed E-state index contributed by atoms with van der Waals surface area (Å²) in [5, 5.41) is 3.13. The summed E-state index contributed by atoms with van der Waals surface area (Å²) in [5.41, 5.74) is -2.05. The standard InChI is InChI=1S/C20H15F3N4OS/c1-27-18-7-4-15(28-14-8-10-24-11-9-14)12-17(18)26-19(27)25-13-2-5-16(6-3-13)29-20(21,22)23/h2-12H,1H3,(H,25,26). The molecule has 9 heteroatoms. The molecule has 5 nitrogen and oxygen atoms in total. The lowest BCUT2D eigenvalue weighted by atomic mass is 10.3. The van der Waals surface area contributed by atoms with Crippen molar-refractivity contribution in [1.82, 2.24) is 14.5 Å². The van der Waals surface area contributed by atoms with Gasteiger partial charge in [-0.2, -0.15) is 13.2 Å². The van der Waals surface area contributed by atoms with Crippen molar-refractivity contribution in [2.45, 2.75) is 10.4 Å². The molecule has 0 amide bonds. The lowest BCUT2D eigenvalue weighted by Gasteiger charge is -2.08. The third kappa shape index (κ3) is 4.62. The van der Waals surface area contributed by atoms with Crippen molar-refractivity contribution in [1.29, 1.82) is 0 Å². The molecule has 4 aromatic rings. The fourth-order valence-corrected chi connectivity index (χ4v) is 3.31. The van der Waals surface area contributed by atoms with Crippen LogP contribution in [0.4, 0.5) is 24.8 Å². The molecule has 4 rings (SSSR count). The maximum absolute atomic E-state index is 12.5. The van der Waals surface area contributed by atoms with Crippen LogP contribution in [0.25, 0.3) is 11.0 Å². The second kappa shape index (κ2) is 7.67. The monoisotopic (exact) mass is 416 g/mol. The van der Waals surface area contributed by atoms with E-state index in [0.29, 0.717) is 23.1 Å². The zero-order valence-corrected chi connectivity index (χ0v) is 16.0. The van der Waals surface area contributed by atoms with Crippen molar-refractivity contribution in [3.05, 3.63) is 67.0 Å². The van der Waals surface area contributed by atoms with E-state index in [4.69, 9.17) is 4.74 Å². The predicted molar refractivity (Wildman–Crippen MR) is 107 cm³/mol.